The predicted octanol–water partition coefficient (Wildman–Crippen LogP) is 3.03. The standard InChI is InChI=1S/C21H17ClFN3O4S/c22-19-12-16(23)9-10-18(19)21(28)26-25-20(27)15-7-4-8-17(11-15)31(29,30)24-13-14-5-2-1-3-6-14/h1-12,24H,13H2,(H,25,27)(H,26,28). The van der Waals surface area contributed by atoms with Crippen LogP contribution in [0.2, 0.25) is 5.02 Å². The van der Waals surface area contributed by atoms with E-state index in [4.69, 9.17) is 11.6 Å². The summed E-state index contributed by atoms with van der Waals surface area (Å²) >= 11 is 5.81. The molecule has 7 nitrogen and oxygen atoms in total. The van der Waals surface area contributed by atoms with Crippen LogP contribution in [-0.4, -0.2) is 20.2 Å². The topological polar surface area (TPSA) is 104 Å². The Hall–Kier alpha value is -3.27. The quantitative estimate of drug-likeness (QED) is 0.491. The van der Waals surface area contributed by atoms with Crippen molar-refractivity contribution in [2.75, 3.05) is 0 Å². The highest BCUT2D eigenvalue weighted by Gasteiger charge is 2.17. The van der Waals surface area contributed by atoms with Crippen LogP contribution in [-0.2, 0) is 16.6 Å². The second-order valence-electron chi connectivity index (χ2n) is 6.37. The molecule has 0 unspecified atom stereocenters. The van der Waals surface area contributed by atoms with Crippen molar-refractivity contribution in [3.05, 3.63) is 100 Å². The van der Waals surface area contributed by atoms with Crippen molar-refractivity contribution in [2.45, 2.75) is 11.4 Å². The minimum atomic E-state index is -3.87. The molecule has 3 N–H and O–H groups in total. The van der Waals surface area contributed by atoms with Crippen LogP contribution in [0.1, 0.15) is 26.3 Å². The molecule has 160 valence electrons. The molecule has 0 aliphatic carbocycles. The maximum Gasteiger partial charge on any atom is 0.271 e. The molecule has 3 aromatic carbocycles. The normalized spacial score (nSPS) is 11.0. The first kappa shape index (κ1) is 22.4. The minimum Gasteiger partial charge on any atom is -0.267 e. The molecule has 0 spiro atoms. The Morgan fingerprint density at radius 1 is 0.871 bits per heavy atom. The van der Waals surface area contributed by atoms with Crippen LogP contribution in [0.25, 0.3) is 0 Å². The number of carbonyl (C=O) groups excluding carboxylic acids is 2. The van der Waals surface area contributed by atoms with Gasteiger partial charge < -0.3 is 0 Å². The summed E-state index contributed by atoms with van der Waals surface area (Å²) in [5, 5.41) is -0.121. The van der Waals surface area contributed by atoms with Crippen molar-refractivity contribution in [1.29, 1.82) is 0 Å². The van der Waals surface area contributed by atoms with E-state index in [1.54, 1.807) is 24.3 Å². The van der Waals surface area contributed by atoms with Crippen molar-refractivity contribution in [1.82, 2.24) is 15.6 Å². The molecule has 0 heterocycles. The zero-order valence-corrected chi connectivity index (χ0v) is 17.5. The Balaban J connectivity index is 1.66. The van der Waals surface area contributed by atoms with Gasteiger partial charge in [-0.05, 0) is 42.0 Å². The molecule has 0 aromatic heterocycles. The van der Waals surface area contributed by atoms with E-state index in [9.17, 15) is 22.4 Å². The lowest BCUT2D eigenvalue weighted by Crippen LogP contribution is -2.41. The van der Waals surface area contributed by atoms with Gasteiger partial charge in [-0.25, -0.2) is 17.5 Å². The number of hydrogen-bond donors (Lipinski definition) is 3. The number of nitrogens with one attached hydrogen (secondary N) is 3. The van der Waals surface area contributed by atoms with Crippen LogP contribution >= 0.6 is 11.6 Å². The van der Waals surface area contributed by atoms with Crippen molar-refractivity contribution >= 4 is 33.4 Å². The van der Waals surface area contributed by atoms with Gasteiger partial charge in [0.2, 0.25) is 10.0 Å². The Bertz CT molecular complexity index is 1220. The molecule has 0 saturated heterocycles. The van der Waals surface area contributed by atoms with Crippen LogP contribution in [0.5, 0.6) is 0 Å². The third kappa shape index (κ3) is 5.88. The molecule has 10 heteroatoms. The van der Waals surface area contributed by atoms with Gasteiger partial charge in [0.25, 0.3) is 11.8 Å². The van der Waals surface area contributed by atoms with Gasteiger partial charge in [0, 0.05) is 12.1 Å². The Labute approximate surface area is 183 Å². The molecule has 2 amide bonds. The molecule has 0 aliphatic rings. The molecule has 0 radical (unpaired) electrons. The summed E-state index contributed by atoms with van der Waals surface area (Å²) in [7, 11) is -3.87. The van der Waals surface area contributed by atoms with Gasteiger partial charge in [-0.1, -0.05) is 48.0 Å². The van der Waals surface area contributed by atoms with Crippen molar-refractivity contribution in [3.63, 3.8) is 0 Å². The number of halogens is 2. The highest BCUT2D eigenvalue weighted by Crippen LogP contribution is 2.17. The summed E-state index contributed by atoms with van der Waals surface area (Å²) in [6, 6.07) is 17.5. The van der Waals surface area contributed by atoms with Gasteiger partial charge in [-0.15, -0.1) is 0 Å². The van der Waals surface area contributed by atoms with Gasteiger partial charge in [-0.2, -0.15) is 0 Å². The zero-order valence-electron chi connectivity index (χ0n) is 15.9. The molecule has 3 aromatic rings. The van der Waals surface area contributed by atoms with Crippen molar-refractivity contribution in [2.24, 2.45) is 0 Å². The first-order chi connectivity index (χ1) is 14.8. The molecule has 3 rings (SSSR count). The maximum absolute atomic E-state index is 13.1. The first-order valence-electron chi connectivity index (χ1n) is 8.95. The molecular weight excluding hydrogens is 445 g/mol. The van der Waals surface area contributed by atoms with E-state index in [0.29, 0.717) is 0 Å². The zero-order chi connectivity index (χ0) is 22.4. The SMILES string of the molecule is O=C(NNC(=O)c1ccc(F)cc1Cl)c1cccc(S(=O)(=O)NCc2ccccc2)c1. The van der Waals surface area contributed by atoms with Gasteiger partial charge in [0.1, 0.15) is 5.82 Å². The van der Waals surface area contributed by atoms with E-state index in [1.165, 1.54) is 30.3 Å². The number of hydrazine groups is 1. The number of sulfonamides is 1. The highest BCUT2D eigenvalue weighted by atomic mass is 35.5. The van der Waals surface area contributed by atoms with Gasteiger partial charge >= 0.3 is 0 Å². The smallest absolute Gasteiger partial charge is 0.267 e. The summed E-state index contributed by atoms with van der Waals surface area (Å²) in [6.07, 6.45) is 0. The maximum atomic E-state index is 13.1. The van der Waals surface area contributed by atoms with E-state index in [2.05, 4.69) is 15.6 Å². The largest absolute Gasteiger partial charge is 0.271 e. The summed E-state index contributed by atoms with van der Waals surface area (Å²) in [5.41, 5.74) is 5.07. The van der Waals surface area contributed by atoms with Gasteiger partial charge in [-0.3, -0.25) is 20.4 Å². The van der Waals surface area contributed by atoms with Crippen molar-refractivity contribution < 1.29 is 22.4 Å². The number of hydrogen-bond acceptors (Lipinski definition) is 4. The third-order valence-electron chi connectivity index (χ3n) is 4.18. The molecule has 0 atom stereocenters. The van der Waals surface area contributed by atoms with Crippen LogP contribution in [0, 0.1) is 5.82 Å². The fraction of sp³-hybridized carbons (Fsp3) is 0.0476. The molecule has 0 bridgehead atoms. The molecule has 0 aliphatic heterocycles. The lowest BCUT2D eigenvalue weighted by atomic mass is 10.2. The minimum absolute atomic E-state index is 0.00749. The average Bonchev–Trinajstić information content (AvgIpc) is 2.76. The number of benzene rings is 3. The predicted molar refractivity (Wildman–Crippen MR) is 113 cm³/mol. The van der Waals surface area contributed by atoms with Crippen LogP contribution in [0.15, 0.2) is 77.7 Å². The van der Waals surface area contributed by atoms with E-state index >= 15 is 0 Å². The molecule has 0 saturated carbocycles. The lowest BCUT2D eigenvalue weighted by Gasteiger charge is -2.10. The highest BCUT2D eigenvalue weighted by molar-refractivity contribution is 7.89. The summed E-state index contributed by atoms with van der Waals surface area (Å²) in [5.74, 6) is -2.11. The lowest BCUT2D eigenvalue weighted by molar-refractivity contribution is 0.0846. The van der Waals surface area contributed by atoms with Gasteiger partial charge in [0.15, 0.2) is 0 Å². The van der Waals surface area contributed by atoms with E-state index < -0.39 is 27.7 Å². The first-order valence-corrected chi connectivity index (χ1v) is 10.8. The Morgan fingerprint density at radius 2 is 1.58 bits per heavy atom. The van der Waals surface area contributed by atoms with E-state index in [-0.39, 0.29) is 27.6 Å². The van der Waals surface area contributed by atoms with Crippen LogP contribution in [0.4, 0.5) is 4.39 Å². The average molecular weight is 462 g/mol. The van der Waals surface area contributed by atoms with Crippen LogP contribution < -0.4 is 15.6 Å². The monoisotopic (exact) mass is 461 g/mol. The summed E-state index contributed by atoms with van der Waals surface area (Å²) in [4.78, 5) is 24.4. The van der Waals surface area contributed by atoms with Crippen molar-refractivity contribution in [3.8, 4) is 0 Å². The van der Waals surface area contributed by atoms with E-state index in [0.717, 1.165) is 17.7 Å². The second kappa shape index (κ2) is 9.69. The van der Waals surface area contributed by atoms with E-state index in [1.807, 2.05) is 6.07 Å². The Kier molecular flexibility index (Phi) is 7.01. The Morgan fingerprint density at radius 3 is 2.29 bits per heavy atom. The second-order valence-corrected chi connectivity index (χ2v) is 8.54. The number of carbonyl (C=O) groups is 2. The van der Waals surface area contributed by atoms with Gasteiger partial charge in [0.05, 0.1) is 15.5 Å². The molecule has 0 fully saturated rings. The third-order valence-corrected chi connectivity index (χ3v) is 5.89. The molecular formula is C21H17ClFN3O4S. The summed E-state index contributed by atoms with van der Waals surface area (Å²) < 4.78 is 40.6. The number of amides is 2. The summed E-state index contributed by atoms with van der Waals surface area (Å²) in [6.45, 7) is 0.0914. The number of rotatable bonds is 6. The fourth-order valence-corrected chi connectivity index (χ4v) is 3.90. The fourth-order valence-electron chi connectivity index (χ4n) is 2.59. The molecule has 31 heavy (non-hydrogen) atoms. The van der Waals surface area contributed by atoms with Crippen LogP contribution in [0.3, 0.4) is 0 Å².